The highest BCUT2D eigenvalue weighted by atomic mass is 32.2. The first-order valence-corrected chi connectivity index (χ1v) is 17.9. The van der Waals surface area contributed by atoms with Gasteiger partial charge in [0.1, 0.15) is 54.1 Å². The van der Waals surface area contributed by atoms with Crippen molar-refractivity contribution < 1.29 is 55.3 Å². The summed E-state index contributed by atoms with van der Waals surface area (Å²) in [5.74, 6) is -0.638. The first kappa shape index (κ1) is 38.7. The van der Waals surface area contributed by atoms with Gasteiger partial charge in [-0.3, -0.25) is 18.7 Å². The highest BCUT2D eigenvalue weighted by Gasteiger charge is 2.39. The van der Waals surface area contributed by atoms with Gasteiger partial charge in [0, 0.05) is 24.4 Å². The smallest absolute Gasteiger partial charge is 0.271 e. The quantitative estimate of drug-likeness (QED) is 0.122. The van der Waals surface area contributed by atoms with Gasteiger partial charge in [0.2, 0.25) is 0 Å². The van der Waals surface area contributed by atoms with E-state index >= 15 is 0 Å². The van der Waals surface area contributed by atoms with Gasteiger partial charge in [-0.25, -0.2) is 25.6 Å². The van der Waals surface area contributed by atoms with Gasteiger partial charge in [0.15, 0.2) is 0 Å². The molecular formula is C32H34F2N4O11S2. The van der Waals surface area contributed by atoms with E-state index in [1.165, 1.54) is 30.3 Å². The van der Waals surface area contributed by atoms with E-state index in [0.29, 0.717) is 11.4 Å². The third kappa shape index (κ3) is 8.46. The van der Waals surface area contributed by atoms with Gasteiger partial charge >= 0.3 is 0 Å². The molecular weight excluding hydrogens is 718 g/mol. The zero-order valence-corrected chi connectivity index (χ0v) is 28.5. The number of fused-ring (bicyclic) bond motifs is 2. The molecule has 0 aromatic heterocycles. The van der Waals surface area contributed by atoms with Crippen molar-refractivity contribution in [2.24, 2.45) is 0 Å². The molecule has 15 nitrogen and oxygen atoms in total. The van der Waals surface area contributed by atoms with Crippen LogP contribution in [0.25, 0.3) is 0 Å². The number of anilines is 3. The van der Waals surface area contributed by atoms with Gasteiger partial charge < -0.3 is 30.5 Å². The molecule has 2 aliphatic rings. The summed E-state index contributed by atoms with van der Waals surface area (Å²) in [6, 6.07) is 15.1. The zero-order valence-electron chi connectivity index (χ0n) is 26.9. The lowest BCUT2D eigenvalue weighted by molar-refractivity contribution is -0.384. The van der Waals surface area contributed by atoms with Gasteiger partial charge in [-0.05, 0) is 79.7 Å². The van der Waals surface area contributed by atoms with Crippen LogP contribution in [-0.4, -0.2) is 82.2 Å². The van der Waals surface area contributed by atoms with E-state index in [1.807, 2.05) is 0 Å². The Morgan fingerprint density at radius 3 is 1.53 bits per heavy atom. The molecule has 2 aliphatic heterocycles. The van der Waals surface area contributed by atoms with E-state index in [0.717, 1.165) is 51.1 Å². The number of nitrogen functional groups attached to an aromatic ring is 1. The fourth-order valence-electron chi connectivity index (χ4n) is 4.99. The maximum atomic E-state index is 13.1. The van der Waals surface area contributed by atoms with Crippen molar-refractivity contribution in [1.82, 2.24) is 0 Å². The second-order valence-electron chi connectivity index (χ2n) is 10.8. The summed E-state index contributed by atoms with van der Waals surface area (Å²) >= 11 is 0. The average molecular weight is 753 g/mol. The Morgan fingerprint density at radius 2 is 1.14 bits per heavy atom. The molecule has 0 aliphatic carbocycles. The van der Waals surface area contributed by atoms with Gasteiger partial charge in [-0.2, -0.15) is 0 Å². The molecule has 19 heteroatoms. The van der Waals surface area contributed by atoms with Crippen LogP contribution in [-0.2, 0) is 20.0 Å². The first-order chi connectivity index (χ1) is 24.2. The van der Waals surface area contributed by atoms with E-state index in [1.54, 1.807) is 19.1 Å². The number of nitro benzene ring substituents is 1. The number of non-ortho nitro benzene ring substituents is 1. The second kappa shape index (κ2) is 16.3. The standard InChI is InChI=1S/C15H13FN2O6S.C15H15FN2O4S.C2H6O/c16-10-1-4-13(5-2-10)25(22,23)17-12(8-19)9-24-15-6-3-11(18(20)21)7-14(15)17;16-10-1-4-13(5-2-10)23(20,21)18-12(8-19)9-22-15-6-3-11(17)7-14(15)18;1-2-3/h1-7,12,19H,8-9H2;1-7,12,19H,8-9,17H2;3H,2H2,1H3. The summed E-state index contributed by atoms with van der Waals surface area (Å²) in [5, 5.41) is 37.6. The molecule has 4 aromatic carbocycles. The van der Waals surface area contributed by atoms with Gasteiger partial charge in [0.25, 0.3) is 25.7 Å². The monoisotopic (exact) mass is 752 g/mol. The van der Waals surface area contributed by atoms with Gasteiger partial charge in [-0.1, -0.05) is 0 Å². The lowest BCUT2D eigenvalue weighted by atomic mass is 10.2. The molecule has 0 fully saturated rings. The molecule has 2 atom stereocenters. The summed E-state index contributed by atoms with van der Waals surface area (Å²) in [7, 11) is -8.19. The molecule has 0 spiro atoms. The summed E-state index contributed by atoms with van der Waals surface area (Å²) in [6.07, 6.45) is 0. The molecule has 2 heterocycles. The summed E-state index contributed by atoms with van der Waals surface area (Å²) in [4.78, 5) is 10.1. The fourth-order valence-corrected chi connectivity index (χ4v) is 8.25. The molecule has 51 heavy (non-hydrogen) atoms. The number of aliphatic hydroxyl groups is 3. The molecule has 2 unspecified atom stereocenters. The maximum Gasteiger partial charge on any atom is 0.271 e. The van der Waals surface area contributed by atoms with Gasteiger partial charge in [0.05, 0.1) is 33.6 Å². The number of benzene rings is 4. The van der Waals surface area contributed by atoms with Crippen LogP contribution in [0.4, 0.5) is 31.5 Å². The molecule has 0 saturated carbocycles. The third-order valence-corrected chi connectivity index (χ3v) is 11.1. The summed E-state index contributed by atoms with van der Waals surface area (Å²) in [6.45, 7) is 0.840. The van der Waals surface area contributed by atoms with E-state index in [9.17, 15) is 45.9 Å². The second-order valence-corrected chi connectivity index (χ2v) is 14.4. The molecule has 0 amide bonds. The minimum absolute atomic E-state index is 0.00778. The topological polar surface area (TPSA) is 223 Å². The number of rotatable bonds is 7. The van der Waals surface area contributed by atoms with Crippen LogP contribution < -0.4 is 23.8 Å². The number of hydrogen-bond acceptors (Lipinski definition) is 12. The van der Waals surface area contributed by atoms with Crippen molar-refractivity contribution in [3.8, 4) is 11.5 Å². The molecule has 0 radical (unpaired) electrons. The zero-order chi connectivity index (χ0) is 37.5. The third-order valence-electron chi connectivity index (χ3n) is 7.30. The van der Waals surface area contributed by atoms with E-state index in [2.05, 4.69) is 0 Å². The molecule has 5 N–H and O–H groups in total. The SMILES string of the molecule is CCO.Nc1ccc2c(c1)N(S(=O)(=O)c1ccc(F)cc1)C(CO)CO2.O=[N+]([O-])c1ccc2c(c1)N(S(=O)(=O)c1ccc(F)cc1)C(CO)CO2. The number of nitro groups is 1. The van der Waals surface area contributed by atoms with Crippen molar-refractivity contribution in [3.63, 3.8) is 0 Å². The lowest BCUT2D eigenvalue weighted by Gasteiger charge is -2.36. The normalized spacial score (nSPS) is 16.5. The van der Waals surface area contributed by atoms with Crippen molar-refractivity contribution >= 4 is 42.8 Å². The van der Waals surface area contributed by atoms with Crippen molar-refractivity contribution in [2.75, 3.05) is 47.4 Å². The average Bonchev–Trinajstić information content (AvgIpc) is 3.11. The van der Waals surface area contributed by atoms with E-state index in [4.69, 9.17) is 20.3 Å². The van der Waals surface area contributed by atoms with Crippen molar-refractivity contribution in [1.29, 1.82) is 0 Å². The Labute approximate surface area is 291 Å². The predicted molar refractivity (Wildman–Crippen MR) is 182 cm³/mol. The Balaban J connectivity index is 0.000000213. The largest absolute Gasteiger partial charge is 0.489 e. The fraction of sp³-hybridized carbons (Fsp3) is 0.250. The van der Waals surface area contributed by atoms with Gasteiger partial charge in [-0.15, -0.1) is 0 Å². The number of nitrogens with zero attached hydrogens (tertiary/aromatic N) is 3. The van der Waals surface area contributed by atoms with Crippen LogP contribution >= 0.6 is 0 Å². The highest BCUT2D eigenvalue weighted by molar-refractivity contribution is 7.93. The van der Waals surface area contributed by atoms with Crippen LogP contribution in [0.2, 0.25) is 0 Å². The molecule has 274 valence electrons. The number of halogens is 2. The van der Waals surface area contributed by atoms with E-state index < -0.39 is 61.9 Å². The minimum atomic E-state index is -4.19. The number of ether oxygens (including phenoxy) is 2. The number of hydrogen-bond donors (Lipinski definition) is 4. The van der Waals surface area contributed by atoms with Crippen LogP contribution in [0.1, 0.15) is 6.92 Å². The Kier molecular flexibility index (Phi) is 12.4. The van der Waals surface area contributed by atoms with Crippen LogP contribution in [0.3, 0.4) is 0 Å². The number of aliphatic hydroxyl groups excluding tert-OH is 3. The Morgan fingerprint density at radius 1 is 0.745 bits per heavy atom. The lowest BCUT2D eigenvalue weighted by Crippen LogP contribution is -2.48. The van der Waals surface area contributed by atoms with E-state index in [-0.39, 0.29) is 52.4 Å². The molecule has 6 rings (SSSR count). The van der Waals surface area contributed by atoms with Crippen LogP contribution in [0.5, 0.6) is 11.5 Å². The number of nitrogens with two attached hydrogens (primary N) is 1. The number of sulfonamides is 2. The van der Waals surface area contributed by atoms with Crippen LogP contribution in [0.15, 0.2) is 94.7 Å². The Bertz CT molecular complexity index is 2050. The Hall–Kier alpha value is -5.08. The maximum absolute atomic E-state index is 13.1. The molecule has 0 bridgehead atoms. The highest BCUT2D eigenvalue weighted by Crippen LogP contribution is 2.41. The molecule has 4 aromatic rings. The van der Waals surface area contributed by atoms with Crippen molar-refractivity contribution in [2.45, 2.75) is 28.8 Å². The molecule has 0 saturated heterocycles. The summed E-state index contributed by atoms with van der Waals surface area (Å²) < 4.78 is 90.8. The summed E-state index contributed by atoms with van der Waals surface area (Å²) in [5.41, 5.74) is 5.99. The first-order valence-electron chi connectivity index (χ1n) is 15.1. The predicted octanol–water partition coefficient (Wildman–Crippen LogP) is 3.04. The minimum Gasteiger partial charge on any atom is -0.489 e. The van der Waals surface area contributed by atoms with Crippen molar-refractivity contribution in [3.05, 3.63) is 107 Å². The van der Waals surface area contributed by atoms with Crippen LogP contribution in [0, 0.1) is 21.7 Å².